The molecule has 2 aliphatic rings. The topological polar surface area (TPSA) is 71.1 Å². The Bertz CT molecular complexity index is 1300. The summed E-state index contributed by atoms with van der Waals surface area (Å²) in [6.07, 6.45) is 1.44. The SMILES string of the molecule is O=C(NC1CCS(=O)CC1)c1nc(CC2CCC2)c(-c2ccc(SNCC(F)(F)F)c3ccccc23)s1. The highest BCUT2D eigenvalue weighted by Crippen LogP contribution is 2.41. The first-order chi connectivity index (χ1) is 17.8. The van der Waals surface area contributed by atoms with Crippen LogP contribution in [0.1, 0.15) is 47.6 Å². The molecule has 3 aromatic rings. The lowest BCUT2D eigenvalue weighted by molar-refractivity contribution is -0.120. The van der Waals surface area contributed by atoms with Crippen molar-refractivity contribution in [2.24, 2.45) is 5.92 Å². The fourth-order valence-corrected chi connectivity index (χ4v) is 7.86. The van der Waals surface area contributed by atoms with Gasteiger partial charge in [0.05, 0.1) is 10.6 Å². The zero-order valence-corrected chi connectivity index (χ0v) is 22.6. The Morgan fingerprint density at radius 3 is 2.49 bits per heavy atom. The van der Waals surface area contributed by atoms with Gasteiger partial charge in [-0.05, 0) is 54.0 Å². The fraction of sp³-hybridized carbons (Fsp3) is 0.462. The average Bonchev–Trinajstić information content (AvgIpc) is 3.26. The van der Waals surface area contributed by atoms with Gasteiger partial charge in [0.2, 0.25) is 0 Å². The minimum Gasteiger partial charge on any atom is -0.347 e. The molecule has 198 valence electrons. The molecule has 0 bridgehead atoms. The van der Waals surface area contributed by atoms with Crippen LogP contribution < -0.4 is 10.0 Å². The standard InChI is InChI=1S/C26H28F3N3O2S3/c27-26(28,29)15-30-36-22-9-8-20(18-6-1-2-7-19(18)22)23-21(14-16-4-3-5-16)32-25(35-23)24(33)31-17-10-12-37(34)13-11-17/h1-2,6-9,16-17,30H,3-5,10-15H2,(H,31,33). The van der Waals surface area contributed by atoms with Gasteiger partial charge in [0, 0.05) is 38.8 Å². The van der Waals surface area contributed by atoms with Crippen molar-refractivity contribution in [3.63, 3.8) is 0 Å². The van der Waals surface area contributed by atoms with Crippen LogP contribution in [0.5, 0.6) is 0 Å². The van der Waals surface area contributed by atoms with Crippen molar-refractivity contribution in [1.29, 1.82) is 0 Å². The summed E-state index contributed by atoms with van der Waals surface area (Å²) >= 11 is 2.34. The van der Waals surface area contributed by atoms with Crippen LogP contribution >= 0.6 is 23.3 Å². The highest BCUT2D eigenvalue weighted by atomic mass is 32.2. The van der Waals surface area contributed by atoms with E-state index in [0.717, 1.165) is 58.1 Å². The van der Waals surface area contributed by atoms with Crippen molar-refractivity contribution in [2.45, 2.75) is 55.6 Å². The van der Waals surface area contributed by atoms with E-state index >= 15 is 0 Å². The third-order valence-corrected chi connectivity index (χ3v) is 10.3. The van der Waals surface area contributed by atoms with Crippen molar-refractivity contribution < 1.29 is 22.2 Å². The zero-order chi connectivity index (χ0) is 26.0. The van der Waals surface area contributed by atoms with Crippen LogP contribution in [-0.2, 0) is 17.2 Å². The molecule has 37 heavy (non-hydrogen) atoms. The van der Waals surface area contributed by atoms with Gasteiger partial charge in [-0.1, -0.05) is 49.6 Å². The van der Waals surface area contributed by atoms with Crippen LogP contribution in [0.2, 0.25) is 0 Å². The van der Waals surface area contributed by atoms with Gasteiger partial charge in [0.25, 0.3) is 5.91 Å². The minimum atomic E-state index is -4.28. The first-order valence-electron chi connectivity index (χ1n) is 12.4. The van der Waals surface area contributed by atoms with E-state index in [4.69, 9.17) is 4.98 Å². The molecular weight excluding hydrogens is 540 g/mol. The van der Waals surface area contributed by atoms with E-state index in [2.05, 4.69) is 10.0 Å². The van der Waals surface area contributed by atoms with Crippen molar-refractivity contribution in [1.82, 2.24) is 15.0 Å². The maximum absolute atomic E-state index is 13.1. The number of halogens is 3. The van der Waals surface area contributed by atoms with Crippen molar-refractivity contribution >= 4 is 50.8 Å². The molecule has 2 aromatic carbocycles. The van der Waals surface area contributed by atoms with Gasteiger partial charge in [-0.3, -0.25) is 13.7 Å². The van der Waals surface area contributed by atoms with Crippen LogP contribution in [-0.4, -0.2) is 45.4 Å². The molecule has 5 rings (SSSR count). The van der Waals surface area contributed by atoms with Gasteiger partial charge in [0.15, 0.2) is 5.01 Å². The molecule has 1 amide bonds. The second-order valence-corrected chi connectivity index (χ2v) is 13.2. The first kappa shape index (κ1) is 26.6. The lowest BCUT2D eigenvalue weighted by Crippen LogP contribution is -2.39. The molecule has 1 saturated heterocycles. The Morgan fingerprint density at radius 1 is 1.08 bits per heavy atom. The summed E-state index contributed by atoms with van der Waals surface area (Å²) in [6, 6.07) is 11.4. The molecule has 11 heteroatoms. The third kappa shape index (κ3) is 6.55. The lowest BCUT2D eigenvalue weighted by Gasteiger charge is -2.24. The highest BCUT2D eigenvalue weighted by molar-refractivity contribution is 7.97. The van der Waals surface area contributed by atoms with Crippen molar-refractivity contribution in [3.8, 4) is 10.4 Å². The summed E-state index contributed by atoms with van der Waals surface area (Å²) in [4.78, 5) is 19.6. The van der Waals surface area contributed by atoms with E-state index in [-0.39, 0.29) is 11.9 Å². The summed E-state index contributed by atoms with van der Waals surface area (Å²) in [5.74, 6) is 1.57. The molecule has 0 unspecified atom stereocenters. The molecular formula is C26H28F3N3O2S3. The maximum Gasteiger partial charge on any atom is 0.402 e. The van der Waals surface area contributed by atoms with Crippen molar-refractivity contribution in [2.75, 3.05) is 18.1 Å². The molecule has 2 fully saturated rings. The highest BCUT2D eigenvalue weighted by Gasteiger charge is 2.28. The Balaban J connectivity index is 1.45. The largest absolute Gasteiger partial charge is 0.402 e. The predicted molar refractivity (Wildman–Crippen MR) is 144 cm³/mol. The van der Waals surface area contributed by atoms with E-state index < -0.39 is 23.5 Å². The number of nitrogens with one attached hydrogen (secondary N) is 2. The van der Waals surface area contributed by atoms with E-state index in [1.807, 2.05) is 36.4 Å². The summed E-state index contributed by atoms with van der Waals surface area (Å²) in [7, 11) is -0.795. The van der Waals surface area contributed by atoms with Crippen LogP contribution in [0, 0.1) is 5.92 Å². The van der Waals surface area contributed by atoms with Crippen LogP contribution in [0.15, 0.2) is 41.3 Å². The summed E-state index contributed by atoms with van der Waals surface area (Å²) in [5, 5.41) is 5.27. The Morgan fingerprint density at radius 2 is 1.81 bits per heavy atom. The lowest BCUT2D eigenvalue weighted by atomic mass is 9.81. The van der Waals surface area contributed by atoms with E-state index in [0.29, 0.717) is 40.2 Å². The number of rotatable bonds is 8. The molecule has 2 N–H and O–H groups in total. The number of hydrogen-bond acceptors (Lipinski definition) is 6. The molecule has 0 spiro atoms. The number of benzene rings is 2. The van der Waals surface area contributed by atoms with Gasteiger partial charge in [-0.15, -0.1) is 11.3 Å². The number of carbonyl (C=O) groups excluding carboxylic acids is 1. The Kier molecular flexibility index (Phi) is 8.23. The smallest absolute Gasteiger partial charge is 0.347 e. The van der Waals surface area contributed by atoms with Gasteiger partial charge in [0.1, 0.15) is 6.54 Å². The molecule has 1 aromatic heterocycles. The van der Waals surface area contributed by atoms with Crippen LogP contribution in [0.4, 0.5) is 13.2 Å². The number of nitrogens with zero attached hydrogens (tertiary/aromatic N) is 1. The number of alkyl halides is 3. The Hall–Kier alpha value is -1.95. The van der Waals surface area contributed by atoms with Crippen LogP contribution in [0.25, 0.3) is 21.2 Å². The van der Waals surface area contributed by atoms with Crippen LogP contribution in [0.3, 0.4) is 0 Å². The molecule has 2 heterocycles. The number of thiazole rings is 1. The van der Waals surface area contributed by atoms with E-state index in [1.165, 1.54) is 17.8 Å². The number of aromatic nitrogens is 1. The normalized spacial score (nSPS) is 20.6. The van der Waals surface area contributed by atoms with Crippen molar-refractivity contribution in [3.05, 3.63) is 47.1 Å². The van der Waals surface area contributed by atoms with Gasteiger partial charge in [-0.2, -0.15) is 13.2 Å². The first-order valence-corrected chi connectivity index (χ1v) is 15.5. The molecule has 1 saturated carbocycles. The number of hydrogen-bond donors (Lipinski definition) is 2. The number of amides is 1. The third-order valence-electron chi connectivity index (χ3n) is 6.90. The van der Waals surface area contributed by atoms with Gasteiger partial charge >= 0.3 is 6.18 Å². The van der Waals surface area contributed by atoms with Gasteiger partial charge < -0.3 is 5.32 Å². The minimum absolute atomic E-state index is 0.00830. The quantitative estimate of drug-likeness (QED) is 0.322. The number of fused-ring (bicyclic) bond motifs is 1. The van der Waals surface area contributed by atoms with E-state index in [9.17, 15) is 22.2 Å². The second kappa shape index (κ2) is 11.4. The summed E-state index contributed by atoms with van der Waals surface area (Å²) in [5.41, 5.74) is 1.85. The molecule has 1 aliphatic carbocycles. The molecule has 1 aliphatic heterocycles. The van der Waals surface area contributed by atoms with Gasteiger partial charge in [-0.25, -0.2) is 4.98 Å². The fourth-order valence-electron chi connectivity index (χ4n) is 4.71. The Labute approximate surface area is 224 Å². The van der Waals surface area contributed by atoms with E-state index in [1.54, 1.807) is 0 Å². The molecule has 0 radical (unpaired) electrons. The summed E-state index contributed by atoms with van der Waals surface area (Å²) < 4.78 is 52.0. The molecule has 5 nitrogen and oxygen atoms in total. The average molecular weight is 568 g/mol. The molecule has 0 atom stereocenters. The zero-order valence-electron chi connectivity index (χ0n) is 20.1. The maximum atomic E-state index is 13.1. The number of carbonyl (C=O) groups is 1. The summed E-state index contributed by atoms with van der Waals surface area (Å²) in [6.45, 7) is -1.08. The monoisotopic (exact) mass is 567 g/mol. The second-order valence-electron chi connectivity index (χ2n) is 9.59. The predicted octanol–water partition coefficient (Wildman–Crippen LogP) is 6.11.